The van der Waals surface area contributed by atoms with E-state index in [4.69, 9.17) is 0 Å². The SMILES string of the molecule is CC(C)NC(=O)C(C)NCc1ccc(O)c(O)c1. The van der Waals surface area contributed by atoms with Gasteiger partial charge in [0.15, 0.2) is 11.5 Å². The van der Waals surface area contributed by atoms with Gasteiger partial charge in [-0.3, -0.25) is 4.79 Å². The van der Waals surface area contributed by atoms with E-state index in [0.29, 0.717) is 6.54 Å². The van der Waals surface area contributed by atoms with Crippen LogP contribution in [0.4, 0.5) is 0 Å². The van der Waals surface area contributed by atoms with Gasteiger partial charge >= 0.3 is 0 Å². The molecular weight excluding hydrogens is 232 g/mol. The lowest BCUT2D eigenvalue weighted by molar-refractivity contribution is -0.123. The van der Waals surface area contributed by atoms with Crippen LogP contribution in [-0.2, 0) is 11.3 Å². The fourth-order valence-corrected chi connectivity index (χ4v) is 1.45. The first-order chi connectivity index (χ1) is 8.40. The average molecular weight is 252 g/mol. The van der Waals surface area contributed by atoms with E-state index < -0.39 is 0 Å². The van der Waals surface area contributed by atoms with Crippen LogP contribution >= 0.6 is 0 Å². The summed E-state index contributed by atoms with van der Waals surface area (Å²) in [4.78, 5) is 11.6. The number of phenols is 2. The number of carbonyl (C=O) groups is 1. The highest BCUT2D eigenvalue weighted by Gasteiger charge is 2.12. The van der Waals surface area contributed by atoms with Crippen molar-refractivity contribution in [3.8, 4) is 11.5 Å². The first-order valence-corrected chi connectivity index (χ1v) is 5.94. The molecule has 0 aliphatic carbocycles. The Morgan fingerprint density at radius 2 is 1.89 bits per heavy atom. The van der Waals surface area contributed by atoms with Crippen LogP contribution in [0.3, 0.4) is 0 Å². The summed E-state index contributed by atoms with van der Waals surface area (Å²) in [5.41, 5.74) is 0.800. The van der Waals surface area contributed by atoms with Crippen LogP contribution in [0, 0.1) is 0 Å². The Balaban J connectivity index is 2.49. The number of aromatic hydroxyl groups is 2. The second-order valence-corrected chi connectivity index (χ2v) is 4.59. The third-order valence-corrected chi connectivity index (χ3v) is 2.48. The summed E-state index contributed by atoms with van der Waals surface area (Å²) in [6.45, 7) is 6.03. The van der Waals surface area contributed by atoms with Crippen molar-refractivity contribution >= 4 is 5.91 Å². The number of carbonyl (C=O) groups excluding carboxylic acids is 1. The van der Waals surface area contributed by atoms with E-state index in [1.165, 1.54) is 12.1 Å². The first-order valence-electron chi connectivity index (χ1n) is 5.94. The summed E-state index contributed by atoms with van der Waals surface area (Å²) in [6.07, 6.45) is 0. The van der Waals surface area contributed by atoms with Crippen molar-refractivity contribution in [2.45, 2.75) is 39.4 Å². The molecule has 0 saturated heterocycles. The zero-order valence-electron chi connectivity index (χ0n) is 10.9. The minimum absolute atomic E-state index is 0.0620. The van der Waals surface area contributed by atoms with E-state index in [1.54, 1.807) is 13.0 Å². The van der Waals surface area contributed by atoms with E-state index >= 15 is 0 Å². The molecule has 0 fully saturated rings. The van der Waals surface area contributed by atoms with Gasteiger partial charge in [-0.25, -0.2) is 0 Å². The van der Waals surface area contributed by atoms with Gasteiger partial charge in [0.25, 0.3) is 0 Å². The summed E-state index contributed by atoms with van der Waals surface area (Å²) >= 11 is 0. The highest BCUT2D eigenvalue weighted by molar-refractivity contribution is 5.81. The zero-order valence-corrected chi connectivity index (χ0v) is 10.9. The Labute approximate surface area is 107 Å². The molecule has 0 radical (unpaired) electrons. The Bertz CT molecular complexity index is 419. The van der Waals surface area contributed by atoms with Gasteiger partial charge in [0.2, 0.25) is 5.91 Å². The largest absolute Gasteiger partial charge is 0.504 e. The third kappa shape index (κ3) is 4.25. The summed E-state index contributed by atoms with van der Waals surface area (Å²) in [5.74, 6) is -0.370. The molecule has 0 aliphatic heterocycles. The van der Waals surface area contributed by atoms with Crippen molar-refractivity contribution in [1.82, 2.24) is 10.6 Å². The third-order valence-electron chi connectivity index (χ3n) is 2.48. The lowest BCUT2D eigenvalue weighted by Gasteiger charge is -2.16. The quantitative estimate of drug-likeness (QED) is 0.592. The fraction of sp³-hybridized carbons (Fsp3) is 0.462. The van der Waals surface area contributed by atoms with Crippen LogP contribution < -0.4 is 10.6 Å². The minimum Gasteiger partial charge on any atom is -0.504 e. The molecule has 1 aromatic rings. The van der Waals surface area contributed by atoms with Crippen molar-refractivity contribution < 1.29 is 15.0 Å². The maximum absolute atomic E-state index is 11.6. The predicted octanol–water partition coefficient (Wildman–Crippen LogP) is 1.10. The van der Waals surface area contributed by atoms with E-state index in [2.05, 4.69) is 10.6 Å². The molecule has 1 atom stereocenters. The molecule has 100 valence electrons. The number of hydrogen-bond donors (Lipinski definition) is 4. The Morgan fingerprint density at radius 3 is 2.44 bits per heavy atom. The molecule has 18 heavy (non-hydrogen) atoms. The molecule has 5 nitrogen and oxygen atoms in total. The second kappa shape index (κ2) is 6.26. The van der Waals surface area contributed by atoms with Crippen LogP contribution in [0.15, 0.2) is 18.2 Å². The molecule has 1 amide bonds. The van der Waals surface area contributed by atoms with E-state index in [0.717, 1.165) is 5.56 Å². The van der Waals surface area contributed by atoms with Gasteiger partial charge in [0.05, 0.1) is 6.04 Å². The summed E-state index contributed by atoms with van der Waals surface area (Å²) < 4.78 is 0. The number of benzene rings is 1. The van der Waals surface area contributed by atoms with Crippen molar-refractivity contribution in [1.29, 1.82) is 0 Å². The molecule has 1 unspecified atom stereocenters. The Morgan fingerprint density at radius 1 is 1.22 bits per heavy atom. The maximum Gasteiger partial charge on any atom is 0.237 e. The zero-order chi connectivity index (χ0) is 13.7. The van der Waals surface area contributed by atoms with Crippen LogP contribution in [0.2, 0.25) is 0 Å². The normalized spacial score (nSPS) is 12.4. The van der Waals surface area contributed by atoms with Gasteiger partial charge in [-0.05, 0) is 38.5 Å². The number of phenolic OH excluding ortho intramolecular Hbond substituents is 2. The number of amides is 1. The number of rotatable bonds is 5. The lowest BCUT2D eigenvalue weighted by Crippen LogP contribution is -2.44. The highest BCUT2D eigenvalue weighted by Crippen LogP contribution is 2.24. The topological polar surface area (TPSA) is 81.6 Å². The van der Waals surface area contributed by atoms with Gasteiger partial charge in [-0.1, -0.05) is 6.07 Å². The smallest absolute Gasteiger partial charge is 0.237 e. The van der Waals surface area contributed by atoms with Crippen LogP contribution in [0.1, 0.15) is 26.3 Å². The fourth-order valence-electron chi connectivity index (χ4n) is 1.45. The monoisotopic (exact) mass is 252 g/mol. The van der Waals surface area contributed by atoms with Gasteiger partial charge in [0.1, 0.15) is 0 Å². The van der Waals surface area contributed by atoms with Crippen LogP contribution in [-0.4, -0.2) is 28.2 Å². The molecule has 0 bridgehead atoms. The predicted molar refractivity (Wildman–Crippen MR) is 69.4 cm³/mol. The molecule has 4 N–H and O–H groups in total. The summed E-state index contributed by atoms with van der Waals surface area (Å²) in [6, 6.07) is 4.37. The van der Waals surface area contributed by atoms with Crippen LogP contribution in [0.5, 0.6) is 11.5 Å². The van der Waals surface area contributed by atoms with E-state index in [9.17, 15) is 15.0 Å². The maximum atomic E-state index is 11.6. The molecule has 0 aliphatic rings. The number of hydrogen-bond acceptors (Lipinski definition) is 4. The van der Waals surface area contributed by atoms with E-state index in [1.807, 2.05) is 13.8 Å². The summed E-state index contributed by atoms with van der Waals surface area (Å²) in [7, 11) is 0. The minimum atomic E-state index is -0.316. The molecule has 0 spiro atoms. The van der Waals surface area contributed by atoms with Crippen molar-refractivity contribution in [3.63, 3.8) is 0 Å². The second-order valence-electron chi connectivity index (χ2n) is 4.59. The molecule has 0 saturated carbocycles. The van der Waals surface area contributed by atoms with Gasteiger partial charge in [-0.15, -0.1) is 0 Å². The first kappa shape index (κ1) is 14.3. The highest BCUT2D eigenvalue weighted by atomic mass is 16.3. The van der Waals surface area contributed by atoms with E-state index in [-0.39, 0.29) is 29.5 Å². The molecule has 1 aromatic carbocycles. The molecule has 0 heterocycles. The standard InChI is InChI=1S/C13H20N2O3/c1-8(2)15-13(18)9(3)14-7-10-4-5-11(16)12(17)6-10/h4-6,8-9,14,16-17H,7H2,1-3H3,(H,15,18). The Kier molecular flexibility index (Phi) is 4.97. The Hall–Kier alpha value is -1.75. The lowest BCUT2D eigenvalue weighted by atomic mass is 10.2. The average Bonchev–Trinajstić information content (AvgIpc) is 2.29. The van der Waals surface area contributed by atoms with Crippen molar-refractivity contribution in [3.05, 3.63) is 23.8 Å². The van der Waals surface area contributed by atoms with Crippen molar-refractivity contribution in [2.24, 2.45) is 0 Å². The van der Waals surface area contributed by atoms with Crippen molar-refractivity contribution in [2.75, 3.05) is 0 Å². The molecule has 5 heteroatoms. The summed E-state index contributed by atoms with van der Waals surface area (Å²) in [5, 5.41) is 24.4. The molecule has 1 rings (SSSR count). The molecule has 0 aromatic heterocycles. The van der Waals surface area contributed by atoms with Crippen LogP contribution in [0.25, 0.3) is 0 Å². The van der Waals surface area contributed by atoms with Gasteiger partial charge in [-0.2, -0.15) is 0 Å². The van der Waals surface area contributed by atoms with Gasteiger partial charge < -0.3 is 20.8 Å². The molecular formula is C13H20N2O3. The van der Waals surface area contributed by atoms with Gasteiger partial charge in [0, 0.05) is 12.6 Å². The number of nitrogens with one attached hydrogen (secondary N) is 2.